The monoisotopic (exact) mass is 343 g/mol. The van der Waals surface area contributed by atoms with E-state index in [1.807, 2.05) is 37.3 Å². The van der Waals surface area contributed by atoms with Crippen molar-refractivity contribution >= 4 is 10.0 Å². The van der Waals surface area contributed by atoms with E-state index in [4.69, 9.17) is 0 Å². The van der Waals surface area contributed by atoms with Crippen LogP contribution in [-0.2, 0) is 15.6 Å². The normalized spacial score (nSPS) is 20.7. The molecule has 0 saturated heterocycles. The van der Waals surface area contributed by atoms with Gasteiger partial charge in [0.05, 0.1) is 10.6 Å². The van der Waals surface area contributed by atoms with Gasteiger partial charge < -0.3 is 5.11 Å². The second-order valence-corrected chi connectivity index (χ2v) is 8.11. The predicted molar refractivity (Wildman–Crippen MR) is 93.8 cm³/mol. The molecule has 0 radical (unpaired) electrons. The maximum absolute atomic E-state index is 12.9. The molecule has 0 saturated carbocycles. The lowest BCUT2D eigenvalue weighted by Crippen LogP contribution is -2.37. The van der Waals surface area contributed by atoms with Crippen LogP contribution >= 0.6 is 0 Å². The van der Waals surface area contributed by atoms with Gasteiger partial charge in [-0.1, -0.05) is 54.1 Å². The van der Waals surface area contributed by atoms with Crippen molar-refractivity contribution in [3.8, 4) is 0 Å². The van der Waals surface area contributed by atoms with E-state index in [1.165, 1.54) is 11.4 Å². The molecule has 1 atom stereocenters. The minimum Gasteiger partial charge on any atom is -0.379 e. The molecule has 0 spiro atoms. The molecule has 1 aliphatic carbocycles. The van der Waals surface area contributed by atoms with Gasteiger partial charge in [0.1, 0.15) is 5.60 Å². The minimum absolute atomic E-state index is 0.221. The van der Waals surface area contributed by atoms with E-state index >= 15 is 0 Å². The molecule has 3 rings (SSSR count). The number of hydrogen-bond acceptors (Lipinski definition) is 3. The highest BCUT2D eigenvalue weighted by molar-refractivity contribution is 7.89. The van der Waals surface area contributed by atoms with E-state index < -0.39 is 15.6 Å². The number of hydrogen-bond donors (Lipinski definition) is 1. The molecule has 2 aromatic rings. The van der Waals surface area contributed by atoms with Gasteiger partial charge >= 0.3 is 0 Å². The molecule has 1 aliphatic rings. The van der Waals surface area contributed by atoms with E-state index in [2.05, 4.69) is 0 Å². The third-order valence-corrected chi connectivity index (χ3v) is 6.32. The average Bonchev–Trinajstić information content (AvgIpc) is 2.98. The predicted octanol–water partition coefficient (Wildman–Crippen LogP) is 3.18. The minimum atomic E-state index is -3.71. The summed E-state index contributed by atoms with van der Waals surface area (Å²) in [5.74, 6) is 0. The van der Waals surface area contributed by atoms with Gasteiger partial charge in [-0.15, -0.1) is 0 Å². The van der Waals surface area contributed by atoms with E-state index in [9.17, 15) is 13.5 Å². The third kappa shape index (κ3) is 2.74. The van der Waals surface area contributed by atoms with Crippen LogP contribution in [0.5, 0.6) is 0 Å². The maximum Gasteiger partial charge on any atom is 0.263 e. The summed E-state index contributed by atoms with van der Waals surface area (Å²) >= 11 is 0. The molecule has 0 aliphatic heterocycles. The van der Waals surface area contributed by atoms with Crippen molar-refractivity contribution in [1.82, 2.24) is 4.31 Å². The molecular formula is C19H21NO3S. The zero-order valence-corrected chi connectivity index (χ0v) is 14.6. The van der Waals surface area contributed by atoms with Crippen LogP contribution in [0.2, 0.25) is 0 Å². The number of benzene rings is 2. The Balaban J connectivity index is 2.00. The quantitative estimate of drug-likeness (QED) is 0.927. The molecule has 0 aromatic heterocycles. The molecule has 126 valence electrons. The molecule has 24 heavy (non-hydrogen) atoms. The number of rotatable bonds is 4. The first-order chi connectivity index (χ1) is 11.4. The summed E-state index contributed by atoms with van der Waals surface area (Å²) in [5.41, 5.74) is 0.833. The van der Waals surface area contributed by atoms with E-state index in [0.29, 0.717) is 24.1 Å². The van der Waals surface area contributed by atoms with Gasteiger partial charge in [0, 0.05) is 7.05 Å². The Morgan fingerprint density at radius 3 is 2.29 bits per heavy atom. The highest BCUT2D eigenvalue weighted by Crippen LogP contribution is 2.42. The third-order valence-electron chi connectivity index (χ3n) is 4.54. The largest absolute Gasteiger partial charge is 0.379 e. The Kier molecular flexibility index (Phi) is 4.24. The second kappa shape index (κ2) is 6.07. The van der Waals surface area contributed by atoms with Crippen molar-refractivity contribution in [3.63, 3.8) is 0 Å². The molecule has 0 fully saturated rings. The lowest BCUT2D eigenvalue weighted by Gasteiger charge is -2.33. The fraction of sp³-hybridized carbons (Fsp3) is 0.263. The summed E-state index contributed by atoms with van der Waals surface area (Å²) in [6.07, 6.45) is 2.91. The molecule has 0 bridgehead atoms. The topological polar surface area (TPSA) is 57.6 Å². The van der Waals surface area contributed by atoms with Crippen LogP contribution in [-0.4, -0.2) is 24.9 Å². The zero-order valence-electron chi connectivity index (χ0n) is 13.8. The fourth-order valence-electron chi connectivity index (χ4n) is 3.11. The van der Waals surface area contributed by atoms with Crippen LogP contribution in [0.15, 0.2) is 71.3 Å². The Labute approximate surface area is 143 Å². The summed E-state index contributed by atoms with van der Waals surface area (Å²) in [5, 5.41) is 11.2. The Bertz CT molecular complexity index is 857. The van der Waals surface area contributed by atoms with Crippen LogP contribution in [0.4, 0.5) is 0 Å². The number of aryl methyl sites for hydroxylation is 1. The van der Waals surface area contributed by atoms with E-state index in [0.717, 1.165) is 5.56 Å². The van der Waals surface area contributed by atoms with Crippen LogP contribution in [0, 0.1) is 6.92 Å². The first-order valence-corrected chi connectivity index (χ1v) is 9.34. The van der Waals surface area contributed by atoms with Crippen molar-refractivity contribution in [3.05, 3.63) is 77.5 Å². The summed E-state index contributed by atoms with van der Waals surface area (Å²) in [6.45, 7) is 1.91. The van der Waals surface area contributed by atoms with Gasteiger partial charge in [-0.05, 0) is 37.5 Å². The maximum atomic E-state index is 12.9. The van der Waals surface area contributed by atoms with Gasteiger partial charge in [-0.25, -0.2) is 8.42 Å². The van der Waals surface area contributed by atoms with Crippen molar-refractivity contribution in [2.75, 3.05) is 7.05 Å². The Morgan fingerprint density at radius 2 is 1.67 bits per heavy atom. The highest BCUT2D eigenvalue weighted by atomic mass is 32.2. The number of sulfonamides is 1. The molecule has 0 heterocycles. The van der Waals surface area contributed by atoms with Gasteiger partial charge in [0.15, 0.2) is 0 Å². The van der Waals surface area contributed by atoms with Crippen LogP contribution in [0.1, 0.15) is 24.0 Å². The van der Waals surface area contributed by atoms with Crippen LogP contribution < -0.4 is 0 Å². The van der Waals surface area contributed by atoms with Gasteiger partial charge in [0.25, 0.3) is 10.0 Å². The molecule has 5 heteroatoms. The molecule has 0 amide bonds. The average molecular weight is 343 g/mol. The highest BCUT2D eigenvalue weighted by Gasteiger charge is 2.42. The Hall–Kier alpha value is -2.11. The summed E-state index contributed by atoms with van der Waals surface area (Å²) in [4.78, 5) is 0.221. The Morgan fingerprint density at radius 1 is 1.04 bits per heavy atom. The summed E-state index contributed by atoms with van der Waals surface area (Å²) in [6, 6.07) is 15.9. The lowest BCUT2D eigenvalue weighted by atomic mass is 9.91. The van der Waals surface area contributed by atoms with Gasteiger partial charge in [-0.2, -0.15) is 0 Å². The molecule has 2 aromatic carbocycles. The summed E-state index contributed by atoms with van der Waals surface area (Å²) in [7, 11) is -2.21. The van der Waals surface area contributed by atoms with E-state index in [1.54, 1.807) is 30.3 Å². The molecule has 1 N–H and O–H groups in total. The van der Waals surface area contributed by atoms with Crippen molar-refractivity contribution in [2.24, 2.45) is 0 Å². The molecular weight excluding hydrogens is 322 g/mol. The van der Waals surface area contributed by atoms with Crippen LogP contribution in [0.3, 0.4) is 0 Å². The first-order valence-electron chi connectivity index (χ1n) is 7.90. The molecule has 0 unspecified atom stereocenters. The van der Waals surface area contributed by atoms with Crippen molar-refractivity contribution in [1.29, 1.82) is 0 Å². The SMILES string of the molecule is Cc1ccc(S(=O)(=O)N(C)C2=CCC[C@@]2(O)c2ccccc2)cc1. The number of allylic oxidation sites excluding steroid dienone is 1. The lowest BCUT2D eigenvalue weighted by molar-refractivity contribution is 0.0616. The number of likely N-dealkylation sites (N-methyl/N-ethyl adjacent to an activating group) is 1. The van der Waals surface area contributed by atoms with E-state index in [-0.39, 0.29) is 4.90 Å². The first kappa shape index (κ1) is 16.7. The van der Waals surface area contributed by atoms with Crippen molar-refractivity contribution < 1.29 is 13.5 Å². The zero-order chi connectivity index (χ0) is 17.4. The second-order valence-electron chi connectivity index (χ2n) is 6.14. The van der Waals surface area contributed by atoms with Gasteiger partial charge in [0.2, 0.25) is 0 Å². The standard InChI is InChI=1S/C19H21NO3S/c1-15-10-12-17(13-11-15)24(22,23)20(2)18-9-6-14-19(18,21)16-7-4-3-5-8-16/h3-5,7-13,21H,6,14H2,1-2H3/t19-/m1/s1. The fourth-order valence-corrected chi connectivity index (χ4v) is 4.39. The smallest absolute Gasteiger partial charge is 0.263 e. The van der Waals surface area contributed by atoms with Gasteiger partial charge in [-0.3, -0.25) is 4.31 Å². The van der Waals surface area contributed by atoms with Crippen molar-refractivity contribution in [2.45, 2.75) is 30.3 Å². The van der Waals surface area contributed by atoms with Crippen LogP contribution in [0.25, 0.3) is 0 Å². The summed E-state index contributed by atoms with van der Waals surface area (Å²) < 4.78 is 27.1. The molecule has 4 nitrogen and oxygen atoms in total. The number of aliphatic hydroxyl groups is 1. The number of nitrogens with zero attached hydrogens (tertiary/aromatic N) is 1.